The molecule has 1 amide bonds. The summed E-state index contributed by atoms with van der Waals surface area (Å²) >= 11 is 1.79. The van der Waals surface area contributed by atoms with Crippen molar-refractivity contribution in [2.24, 2.45) is 0 Å². The first-order valence-corrected chi connectivity index (χ1v) is 11.7. The quantitative estimate of drug-likeness (QED) is 0.473. The number of benzene rings is 2. The van der Waals surface area contributed by atoms with Gasteiger partial charge in [0.25, 0.3) is 11.5 Å². The van der Waals surface area contributed by atoms with E-state index in [0.29, 0.717) is 23.0 Å². The molecule has 1 aromatic heterocycles. The topological polar surface area (TPSA) is 64.0 Å². The summed E-state index contributed by atoms with van der Waals surface area (Å²) in [5.41, 5.74) is 1.20. The zero-order valence-corrected chi connectivity index (χ0v) is 17.9. The Morgan fingerprint density at radius 2 is 1.90 bits per heavy atom. The van der Waals surface area contributed by atoms with Crippen LogP contribution in [0, 0.1) is 0 Å². The second-order valence-electron chi connectivity index (χ2n) is 7.65. The Morgan fingerprint density at radius 3 is 2.77 bits per heavy atom. The van der Waals surface area contributed by atoms with Crippen LogP contribution in [0.5, 0.6) is 0 Å². The lowest BCUT2D eigenvalue weighted by molar-refractivity contribution is 0.0954. The van der Waals surface area contributed by atoms with Gasteiger partial charge in [0.15, 0.2) is 0 Å². The lowest BCUT2D eigenvalue weighted by Crippen LogP contribution is -2.27. The van der Waals surface area contributed by atoms with Crippen molar-refractivity contribution in [1.82, 2.24) is 14.9 Å². The van der Waals surface area contributed by atoms with E-state index in [1.165, 1.54) is 11.3 Å². The molecule has 0 atom stereocenters. The number of nitrogens with one attached hydrogen (secondary N) is 1. The van der Waals surface area contributed by atoms with Crippen molar-refractivity contribution in [2.45, 2.75) is 50.0 Å². The van der Waals surface area contributed by atoms with Crippen molar-refractivity contribution < 1.29 is 4.79 Å². The molecule has 3 aromatic rings. The summed E-state index contributed by atoms with van der Waals surface area (Å²) in [5.74, 6) is 1.69. The number of nitrogens with zero attached hydrogens (tertiary/aromatic N) is 2. The maximum Gasteiger partial charge on any atom is 0.261 e. The summed E-state index contributed by atoms with van der Waals surface area (Å²) < 4.78 is 1.83. The maximum absolute atomic E-state index is 12.9. The molecule has 2 aromatic carbocycles. The van der Waals surface area contributed by atoms with Crippen LogP contribution in [0.25, 0.3) is 10.9 Å². The van der Waals surface area contributed by atoms with Crippen LogP contribution < -0.4 is 10.9 Å². The van der Waals surface area contributed by atoms with Crippen molar-refractivity contribution in [3.8, 4) is 0 Å². The van der Waals surface area contributed by atoms with Crippen molar-refractivity contribution in [3.63, 3.8) is 0 Å². The summed E-state index contributed by atoms with van der Waals surface area (Å²) in [4.78, 5) is 31.5. The van der Waals surface area contributed by atoms with Gasteiger partial charge in [-0.1, -0.05) is 31.0 Å². The minimum Gasteiger partial charge on any atom is -0.352 e. The van der Waals surface area contributed by atoms with Crippen LogP contribution in [-0.4, -0.2) is 27.8 Å². The van der Waals surface area contributed by atoms with E-state index in [-0.39, 0.29) is 11.5 Å². The van der Waals surface area contributed by atoms with Crippen LogP contribution in [0.1, 0.15) is 48.3 Å². The summed E-state index contributed by atoms with van der Waals surface area (Å²) in [7, 11) is 0. The summed E-state index contributed by atoms with van der Waals surface area (Å²) in [6.07, 6.45) is 6.13. The van der Waals surface area contributed by atoms with Crippen LogP contribution >= 0.6 is 11.8 Å². The standard InChI is InChI=1S/C24H27N3O2S/c28-23(25-14-8-16-30-19-9-4-3-5-10-19)18-12-13-20-21(17-18)26-22-11-6-1-2-7-15-27(22)24(20)29/h3-5,9-10,12-13,17H,1-2,6-8,11,14-16H2,(H,25,28). The third-order valence-electron chi connectivity index (χ3n) is 5.45. The van der Waals surface area contributed by atoms with E-state index in [2.05, 4.69) is 17.4 Å². The van der Waals surface area contributed by atoms with Gasteiger partial charge < -0.3 is 5.32 Å². The molecule has 0 fully saturated rings. The number of fused-ring (bicyclic) bond motifs is 2. The van der Waals surface area contributed by atoms with Gasteiger partial charge in [0.2, 0.25) is 0 Å². The average Bonchev–Trinajstić information content (AvgIpc) is 2.75. The van der Waals surface area contributed by atoms with Crippen molar-refractivity contribution >= 4 is 28.6 Å². The summed E-state index contributed by atoms with van der Waals surface area (Å²) in [6, 6.07) is 15.5. The van der Waals surface area contributed by atoms with E-state index >= 15 is 0 Å². The molecule has 0 spiro atoms. The molecule has 4 rings (SSSR count). The number of hydrogen-bond acceptors (Lipinski definition) is 4. The molecule has 0 bridgehead atoms. The highest BCUT2D eigenvalue weighted by atomic mass is 32.2. The molecule has 1 aliphatic rings. The Kier molecular flexibility index (Phi) is 6.84. The zero-order valence-electron chi connectivity index (χ0n) is 17.1. The summed E-state index contributed by atoms with van der Waals surface area (Å²) in [5, 5.41) is 3.57. The Morgan fingerprint density at radius 1 is 1.07 bits per heavy atom. The zero-order chi connectivity index (χ0) is 20.8. The van der Waals surface area contributed by atoms with Gasteiger partial charge in [-0.05, 0) is 55.3 Å². The van der Waals surface area contributed by atoms with Crippen molar-refractivity contribution in [2.75, 3.05) is 12.3 Å². The first-order chi connectivity index (χ1) is 14.7. The molecule has 2 heterocycles. The van der Waals surface area contributed by atoms with Gasteiger partial charge in [0, 0.05) is 30.0 Å². The van der Waals surface area contributed by atoms with Gasteiger partial charge in [-0.15, -0.1) is 11.8 Å². The molecule has 0 saturated carbocycles. The molecule has 0 saturated heterocycles. The Balaban J connectivity index is 1.40. The molecule has 156 valence electrons. The summed E-state index contributed by atoms with van der Waals surface area (Å²) in [6.45, 7) is 1.36. The third-order valence-corrected chi connectivity index (χ3v) is 6.55. The number of carbonyl (C=O) groups excluding carboxylic acids is 1. The third kappa shape index (κ3) is 4.93. The second kappa shape index (κ2) is 9.94. The Labute approximate surface area is 180 Å². The minimum atomic E-state index is -0.116. The second-order valence-corrected chi connectivity index (χ2v) is 8.82. The Bertz CT molecular complexity index is 1080. The van der Waals surface area contributed by atoms with E-state index in [0.717, 1.165) is 50.2 Å². The van der Waals surface area contributed by atoms with Crippen molar-refractivity contribution in [1.29, 1.82) is 0 Å². The van der Waals surface area contributed by atoms with Crippen LogP contribution in [-0.2, 0) is 13.0 Å². The fourth-order valence-electron chi connectivity index (χ4n) is 3.82. The highest BCUT2D eigenvalue weighted by Crippen LogP contribution is 2.18. The van der Waals surface area contributed by atoms with Crippen LogP contribution in [0.3, 0.4) is 0 Å². The van der Waals surface area contributed by atoms with Gasteiger partial charge in [0.05, 0.1) is 10.9 Å². The van der Waals surface area contributed by atoms with Gasteiger partial charge in [-0.2, -0.15) is 0 Å². The van der Waals surface area contributed by atoms with E-state index in [1.54, 1.807) is 30.0 Å². The fraction of sp³-hybridized carbons (Fsp3) is 0.375. The number of rotatable bonds is 6. The number of amides is 1. The average molecular weight is 422 g/mol. The monoisotopic (exact) mass is 421 g/mol. The molecular formula is C24H27N3O2S. The molecule has 0 aliphatic carbocycles. The largest absolute Gasteiger partial charge is 0.352 e. The van der Waals surface area contributed by atoms with E-state index in [4.69, 9.17) is 4.98 Å². The molecule has 1 N–H and O–H groups in total. The van der Waals surface area contributed by atoms with Gasteiger partial charge >= 0.3 is 0 Å². The molecule has 30 heavy (non-hydrogen) atoms. The molecule has 5 nitrogen and oxygen atoms in total. The van der Waals surface area contributed by atoms with Crippen molar-refractivity contribution in [3.05, 3.63) is 70.3 Å². The minimum absolute atomic E-state index is 0.0156. The predicted molar refractivity (Wildman–Crippen MR) is 122 cm³/mol. The molecule has 0 radical (unpaired) electrons. The lowest BCUT2D eigenvalue weighted by atomic mass is 10.1. The highest BCUT2D eigenvalue weighted by Gasteiger charge is 2.14. The molecule has 6 heteroatoms. The van der Waals surface area contributed by atoms with Crippen LogP contribution in [0.4, 0.5) is 0 Å². The maximum atomic E-state index is 12.9. The number of aryl methyl sites for hydroxylation is 1. The number of aromatic nitrogens is 2. The molecule has 1 aliphatic heterocycles. The van der Waals surface area contributed by atoms with Gasteiger partial charge in [-0.3, -0.25) is 14.2 Å². The van der Waals surface area contributed by atoms with Crippen LogP contribution in [0.15, 0.2) is 58.2 Å². The Hall–Kier alpha value is -2.60. The van der Waals surface area contributed by atoms with E-state index in [1.807, 2.05) is 22.8 Å². The van der Waals surface area contributed by atoms with Gasteiger partial charge in [0.1, 0.15) is 5.82 Å². The number of hydrogen-bond donors (Lipinski definition) is 1. The smallest absolute Gasteiger partial charge is 0.261 e. The van der Waals surface area contributed by atoms with Crippen LogP contribution in [0.2, 0.25) is 0 Å². The van der Waals surface area contributed by atoms with Gasteiger partial charge in [-0.25, -0.2) is 4.98 Å². The first-order valence-electron chi connectivity index (χ1n) is 10.7. The normalized spacial score (nSPS) is 14.0. The SMILES string of the molecule is O=C(NCCCSc1ccccc1)c1ccc2c(=O)n3c(nc2c1)CCCCCC3. The number of carbonyl (C=O) groups is 1. The fourth-order valence-corrected chi connectivity index (χ4v) is 4.69. The predicted octanol–water partition coefficient (Wildman–Crippen LogP) is 4.43. The first kappa shape index (κ1) is 20.7. The van der Waals surface area contributed by atoms with E-state index in [9.17, 15) is 9.59 Å². The highest BCUT2D eigenvalue weighted by molar-refractivity contribution is 7.99. The number of thioether (sulfide) groups is 1. The molecular weight excluding hydrogens is 394 g/mol. The van der Waals surface area contributed by atoms with E-state index < -0.39 is 0 Å². The lowest BCUT2D eigenvalue weighted by Gasteiger charge is -2.16. The molecule has 0 unspecified atom stereocenters.